The maximum absolute atomic E-state index is 9.55. The van der Waals surface area contributed by atoms with Crippen LogP contribution in [0.4, 0.5) is 0 Å². The third-order valence-electron chi connectivity index (χ3n) is 2.50. The normalized spacial score (nSPS) is 18.0. The summed E-state index contributed by atoms with van der Waals surface area (Å²) in [4.78, 5) is 0. The topological polar surface area (TPSA) is 38.7 Å². The zero-order valence-electron chi connectivity index (χ0n) is 9.31. The Morgan fingerprint density at radius 2 is 2.44 bits per heavy atom. The second kappa shape index (κ2) is 5.46. The summed E-state index contributed by atoms with van der Waals surface area (Å²) in [5.74, 6) is 2.67. The summed E-state index contributed by atoms with van der Waals surface area (Å²) < 4.78 is 10.9. The smallest absolute Gasteiger partial charge is 0.129 e. The lowest BCUT2D eigenvalue weighted by Crippen LogP contribution is -1.98. The maximum atomic E-state index is 9.55. The predicted octanol–water partition coefficient (Wildman–Crippen LogP) is 2.24. The number of fused-ring (bicyclic) bond motifs is 1. The van der Waals surface area contributed by atoms with Gasteiger partial charge in [0.2, 0.25) is 0 Å². The van der Waals surface area contributed by atoms with Gasteiger partial charge < -0.3 is 14.6 Å². The quantitative estimate of drug-likeness (QED) is 0.801. The molecular weight excluding hydrogens is 224 g/mol. The van der Waals surface area contributed by atoms with Crippen molar-refractivity contribution in [2.75, 3.05) is 25.2 Å². The van der Waals surface area contributed by atoms with E-state index in [0.29, 0.717) is 6.61 Å². The summed E-state index contributed by atoms with van der Waals surface area (Å²) in [6.45, 7) is 1.08. The Labute approximate surface area is 99.8 Å². The zero-order chi connectivity index (χ0) is 11.4. The van der Waals surface area contributed by atoms with Crippen molar-refractivity contribution in [3.63, 3.8) is 0 Å². The highest BCUT2D eigenvalue weighted by Gasteiger charge is 2.21. The number of thioether (sulfide) groups is 1. The number of hydrogen-bond donors (Lipinski definition) is 1. The lowest BCUT2D eigenvalue weighted by atomic mass is 10.1. The van der Waals surface area contributed by atoms with E-state index in [1.165, 1.54) is 0 Å². The molecule has 1 N–H and O–H groups in total. The molecule has 0 radical (unpaired) electrons. The Balaban J connectivity index is 1.92. The summed E-state index contributed by atoms with van der Waals surface area (Å²) in [6.07, 6.45) is 2.65. The van der Waals surface area contributed by atoms with Gasteiger partial charge in [-0.3, -0.25) is 0 Å². The average molecular weight is 240 g/mol. The van der Waals surface area contributed by atoms with Gasteiger partial charge in [0.25, 0.3) is 0 Å². The van der Waals surface area contributed by atoms with Crippen LogP contribution in [0.3, 0.4) is 0 Å². The predicted molar refractivity (Wildman–Crippen MR) is 65.4 cm³/mol. The Morgan fingerprint density at radius 1 is 1.56 bits per heavy atom. The molecule has 1 aliphatic rings. The standard InChI is InChI=1S/C12H16O3S/c1-16-6-2-5-14-9-3-4-10-11(13)8-15-12(10)7-9/h3-4,7,11,13H,2,5-6,8H2,1H3. The molecular formula is C12H16O3S. The van der Waals surface area contributed by atoms with Gasteiger partial charge in [-0.15, -0.1) is 0 Å². The fraction of sp³-hybridized carbons (Fsp3) is 0.500. The first-order chi connectivity index (χ1) is 7.81. The average Bonchev–Trinajstić information content (AvgIpc) is 2.66. The van der Waals surface area contributed by atoms with E-state index in [1.807, 2.05) is 30.0 Å². The number of benzene rings is 1. The summed E-state index contributed by atoms with van der Waals surface area (Å²) >= 11 is 1.82. The maximum Gasteiger partial charge on any atom is 0.129 e. The van der Waals surface area contributed by atoms with Gasteiger partial charge in [-0.25, -0.2) is 0 Å². The molecule has 0 saturated carbocycles. The first-order valence-electron chi connectivity index (χ1n) is 5.38. The molecule has 1 aromatic carbocycles. The second-order valence-corrected chi connectivity index (χ2v) is 4.71. The van der Waals surface area contributed by atoms with Crippen LogP contribution in [0.1, 0.15) is 18.1 Å². The van der Waals surface area contributed by atoms with Crippen LogP contribution in [0.25, 0.3) is 0 Å². The van der Waals surface area contributed by atoms with Gasteiger partial charge in [-0.05, 0) is 30.6 Å². The number of hydrogen-bond acceptors (Lipinski definition) is 4. The van der Waals surface area contributed by atoms with Crippen LogP contribution in [0, 0.1) is 0 Å². The Bertz CT molecular complexity index is 354. The number of aliphatic hydroxyl groups is 1. The van der Waals surface area contributed by atoms with Crippen molar-refractivity contribution in [2.24, 2.45) is 0 Å². The summed E-state index contributed by atoms with van der Waals surface area (Å²) in [7, 11) is 0. The molecule has 0 amide bonds. The fourth-order valence-corrected chi connectivity index (χ4v) is 2.06. The number of rotatable bonds is 5. The van der Waals surface area contributed by atoms with E-state index >= 15 is 0 Å². The molecule has 4 heteroatoms. The van der Waals surface area contributed by atoms with Crippen molar-refractivity contribution in [2.45, 2.75) is 12.5 Å². The highest BCUT2D eigenvalue weighted by molar-refractivity contribution is 7.98. The van der Waals surface area contributed by atoms with Crippen molar-refractivity contribution >= 4 is 11.8 Å². The van der Waals surface area contributed by atoms with Gasteiger partial charge in [0, 0.05) is 11.6 Å². The number of aliphatic hydroxyl groups excluding tert-OH is 1. The zero-order valence-corrected chi connectivity index (χ0v) is 10.1. The van der Waals surface area contributed by atoms with E-state index in [9.17, 15) is 5.11 Å². The Kier molecular flexibility index (Phi) is 3.96. The molecule has 1 heterocycles. The van der Waals surface area contributed by atoms with Crippen LogP contribution in [-0.4, -0.2) is 30.3 Å². The van der Waals surface area contributed by atoms with Crippen molar-refractivity contribution in [1.29, 1.82) is 0 Å². The Hall–Kier alpha value is -0.870. The molecule has 88 valence electrons. The number of ether oxygens (including phenoxy) is 2. The van der Waals surface area contributed by atoms with Crippen LogP contribution in [0.2, 0.25) is 0 Å². The molecule has 0 spiro atoms. The highest BCUT2D eigenvalue weighted by Crippen LogP contribution is 2.34. The van der Waals surface area contributed by atoms with Crippen molar-refractivity contribution in [3.8, 4) is 11.5 Å². The van der Waals surface area contributed by atoms with Crippen LogP contribution in [-0.2, 0) is 0 Å². The van der Waals surface area contributed by atoms with E-state index in [-0.39, 0.29) is 0 Å². The molecule has 2 rings (SSSR count). The first kappa shape index (κ1) is 11.6. The minimum absolute atomic E-state index is 0.352. The molecule has 1 atom stereocenters. The molecule has 0 aliphatic carbocycles. The van der Waals surface area contributed by atoms with Crippen molar-refractivity contribution < 1.29 is 14.6 Å². The summed E-state index contributed by atoms with van der Waals surface area (Å²) in [5.41, 5.74) is 0.858. The van der Waals surface area contributed by atoms with E-state index in [1.54, 1.807) is 0 Å². The molecule has 16 heavy (non-hydrogen) atoms. The van der Waals surface area contributed by atoms with Crippen LogP contribution < -0.4 is 9.47 Å². The van der Waals surface area contributed by atoms with Crippen LogP contribution >= 0.6 is 11.8 Å². The van der Waals surface area contributed by atoms with Crippen LogP contribution in [0.15, 0.2) is 18.2 Å². The second-order valence-electron chi connectivity index (χ2n) is 3.72. The van der Waals surface area contributed by atoms with Crippen LogP contribution in [0.5, 0.6) is 11.5 Å². The van der Waals surface area contributed by atoms with Gasteiger partial charge in [0.15, 0.2) is 0 Å². The molecule has 1 aliphatic heterocycles. The lowest BCUT2D eigenvalue weighted by Gasteiger charge is -2.07. The fourth-order valence-electron chi connectivity index (χ4n) is 1.66. The molecule has 3 nitrogen and oxygen atoms in total. The Morgan fingerprint density at radius 3 is 3.25 bits per heavy atom. The van der Waals surface area contributed by atoms with Gasteiger partial charge >= 0.3 is 0 Å². The minimum Gasteiger partial charge on any atom is -0.493 e. The molecule has 0 fully saturated rings. The molecule has 0 bridgehead atoms. The monoisotopic (exact) mass is 240 g/mol. The van der Waals surface area contributed by atoms with Crippen molar-refractivity contribution in [1.82, 2.24) is 0 Å². The van der Waals surface area contributed by atoms with E-state index in [4.69, 9.17) is 9.47 Å². The third kappa shape index (κ3) is 2.62. The van der Waals surface area contributed by atoms with E-state index in [2.05, 4.69) is 6.26 Å². The van der Waals surface area contributed by atoms with Gasteiger partial charge in [0.1, 0.15) is 24.2 Å². The summed E-state index contributed by atoms with van der Waals surface area (Å²) in [6, 6.07) is 5.61. The summed E-state index contributed by atoms with van der Waals surface area (Å²) in [5, 5.41) is 9.55. The lowest BCUT2D eigenvalue weighted by molar-refractivity contribution is 0.140. The SMILES string of the molecule is CSCCCOc1ccc2c(c1)OCC2O. The molecule has 0 saturated heterocycles. The van der Waals surface area contributed by atoms with Gasteiger partial charge in [-0.2, -0.15) is 11.8 Å². The molecule has 1 unspecified atom stereocenters. The van der Waals surface area contributed by atoms with E-state index < -0.39 is 6.10 Å². The highest BCUT2D eigenvalue weighted by atomic mass is 32.2. The van der Waals surface area contributed by atoms with Crippen molar-refractivity contribution in [3.05, 3.63) is 23.8 Å². The molecule has 0 aromatic heterocycles. The largest absolute Gasteiger partial charge is 0.493 e. The van der Waals surface area contributed by atoms with E-state index in [0.717, 1.165) is 35.8 Å². The minimum atomic E-state index is -0.486. The van der Waals surface area contributed by atoms with Gasteiger partial charge in [-0.1, -0.05) is 0 Å². The first-order valence-corrected chi connectivity index (χ1v) is 6.77. The van der Waals surface area contributed by atoms with Gasteiger partial charge in [0.05, 0.1) is 6.61 Å². The molecule has 1 aromatic rings. The third-order valence-corrected chi connectivity index (χ3v) is 3.20.